The third-order valence-electron chi connectivity index (χ3n) is 1.20. The number of carbonyl (C=O) groups is 2. The number of rotatable bonds is 7. The van der Waals surface area contributed by atoms with Gasteiger partial charge >= 0.3 is 11.9 Å². The number of ether oxygens (including phenoxy) is 3. The van der Waals surface area contributed by atoms with Crippen molar-refractivity contribution in [2.45, 2.75) is 13.8 Å². The molecule has 100 valence electrons. The summed E-state index contributed by atoms with van der Waals surface area (Å²) >= 11 is 0. The number of hydrogen-bond donors (Lipinski definition) is 1. The van der Waals surface area contributed by atoms with Crippen molar-refractivity contribution in [3.8, 4) is 0 Å². The Morgan fingerprint density at radius 3 is 2.06 bits per heavy atom. The summed E-state index contributed by atoms with van der Waals surface area (Å²) in [6, 6.07) is 0. The van der Waals surface area contributed by atoms with E-state index in [4.69, 9.17) is 9.84 Å². The van der Waals surface area contributed by atoms with Gasteiger partial charge in [0.1, 0.15) is 13.2 Å². The van der Waals surface area contributed by atoms with Crippen molar-refractivity contribution in [2.24, 2.45) is 0 Å². The van der Waals surface area contributed by atoms with Gasteiger partial charge in [-0.15, -0.1) is 6.58 Å². The van der Waals surface area contributed by atoms with Crippen LogP contribution in [0.5, 0.6) is 0 Å². The van der Waals surface area contributed by atoms with Crippen molar-refractivity contribution >= 4 is 11.9 Å². The Balaban J connectivity index is 0. The second kappa shape index (κ2) is 14.6. The summed E-state index contributed by atoms with van der Waals surface area (Å²) in [5.41, 5.74) is 0. The van der Waals surface area contributed by atoms with E-state index in [1.807, 2.05) is 0 Å². The largest absolute Gasteiger partial charge is 0.464 e. The zero-order valence-corrected chi connectivity index (χ0v) is 10.3. The van der Waals surface area contributed by atoms with Crippen LogP contribution in [0, 0.1) is 0 Å². The van der Waals surface area contributed by atoms with Crippen molar-refractivity contribution in [1.29, 1.82) is 0 Å². The SMILES string of the molecule is C=CCOCC(=O)OCC.CCOC(=O)CO. The van der Waals surface area contributed by atoms with Crippen LogP contribution >= 0.6 is 0 Å². The lowest BCUT2D eigenvalue weighted by Gasteiger charge is -1.99. The number of carbonyl (C=O) groups excluding carboxylic acids is 2. The first-order chi connectivity index (χ1) is 8.12. The Morgan fingerprint density at radius 1 is 1.18 bits per heavy atom. The lowest BCUT2D eigenvalue weighted by Crippen LogP contribution is -2.12. The van der Waals surface area contributed by atoms with Gasteiger partial charge in [0.2, 0.25) is 0 Å². The van der Waals surface area contributed by atoms with E-state index in [2.05, 4.69) is 16.1 Å². The molecule has 0 fully saturated rings. The molecule has 0 amide bonds. The van der Waals surface area contributed by atoms with Gasteiger partial charge in [-0.1, -0.05) is 6.08 Å². The zero-order valence-electron chi connectivity index (χ0n) is 10.3. The number of aliphatic hydroxyl groups is 1. The molecule has 0 saturated carbocycles. The van der Waals surface area contributed by atoms with Crippen LogP contribution in [0.2, 0.25) is 0 Å². The van der Waals surface area contributed by atoms with Crippen molar-refractivity contribution in [3.05, 3.63) is 12.7 Å². The molecule has 0 atom stereocenters. The molecule has 0 aliphatic heterocycles. The fraction of sp³-hybridized carbons (Fsp3) is 0.636. The van der Waals surface area contributed by atoms with E-state index < -0.39 is 12.6 Å². The first kappa shape index (κ1) is 18.0. The molecule has 6 heteroatoms. The Kier molecular flexibility index (Phi) is 15.4. The van der Waals surface area contributed by atoms with Crippen molar-refractivity contribution < 1.29 is 28.9 Å². The lowest BCUT2D eigenvalue weighted by molar-refractivity contribution is -0.148. The van der Waals surface area contributed by atoms with Gasteiger partial charge in [0.15, 0.2) is 0 Å². The predicted molar refractivity (Wildman–Crippen MR) is 61.4 cm³/mol. The Hall–Kier alpha value is -1.40. The summed E-state index contributed by atoms with van der Waals surface area (Å²) in [7, 11) is 0. The smallest absolute Gasteiger partial charge is 0.332 e. The second-order valence-electron chi connectivity index (χ2n) is 2.57. The van der Waals surface area contributed by atoms with Crippen molar-refractivity contribution in [1.82, 2.24) is 0 Å². The molecule has 6 nitrogen and oxygen atoms in total. The van der Waals surface area contributed by atoms with E-state index in [0.29, 0.717) is 19.8 Å². The third-order valence-corrected chi connectivity index (χ3v) is 1.20. The minimum Gasteiger partial charge on any atom is -0.464 e. The van der Waals surface area contributed by atoms with Gasteiger partial charge in [-0.25, -0.2) is 9.59 Å². The topological polar surface area (TPSA) is 82.1 Å². The van der Waals surface area contributed by atoms with Gasteiger partial charge in [-0.05, 0) is 13.8 Å². The molecular formula is C11H20O6. The second-order valence-corrected chi connectivity index (χ2v) is 2.57. The van der Waals surface area contributed by atoms with Crippen molar-refractivity contribution in [2.75, 3.05) is 33.0 Å². The van der Waals surface area contributed by atoms with E-state index >= 15 is 0 Å². The van der Waals surface area contributed by atoms with E-state index in [1.165, 1.54) is 0 Å². The quantitative estimate of drug-likeness (QED) is 0.396. The summed E-state index contributed by atoms with van der Waals surface area (Å²) < 4.78 is 13.7. The number of esters is 2. The van der Waals surface area contributed by atoms with Gasteiger partial charge in [-0.3, -0.25) is 0 Å². The van der Waals surface area contributed by atoms with E-state index in [1.54, 1.807) is 19.9 Å². The highest BCUT2D eigenvalue weighted by atomic mass is 16.6. The fourth-order valence-electron chi connectivity index (χ4n) is 0.635. The van der Waals surface area contributed by atoms with Crippen LogP contribution in [-0.2, 0) is 23.8 Å². The molecule has 0 aliphatic carbocycles. The maximum absolute atomic E-state index is 10.5. The minimum atomic E-state index is -0.567. The highest BCUT2D eigenvalue weighted by Crippen LogP contribution is 1.80. The van der Waals surface area contributed by atoms with Gasteiger partial charge in [-0.2, -0.15) is 0 Å². The van der Waals surface area contributed by atoms with Gasteiger partial charge in [0.25, 0.3) is 0 Å². The molecule has 0 aliphatic rings. The van der Waals surface area contributed by atoms with Crippen molar-refractivity contribution in [3.63, 3.8) is 0 Å². The summed E-state index contributed by atoms with van der Waals surface area (Å²) in [4.78, 5) is 20.5. The number of hydrogen-bond acceptors (Lipinski definition) is 6. The van der Waals surface area contributed by atoms with Gasteiger partial charge in [0, 0.05) is 0 Å². The Labute approximate surface area is 101 Å². The fourth-order valence-corrected chi connectivity index (χ4v) is 0.635. The molecule has 0 bridgehead atoms. The van der Waals surface area contributed by atoms with Gasteiger partial charge in [0.05, 0.1) is 19.8 Å². The van der Waals surface area contributed by atoms with Crippen LogP contribution < -0.4 is 0 Å². The first-order valence-electron chi connectivity index (χ1n) is 5.23. The third kappa shape index (κ3) is 17.2. The van der Waals surface area contributed by atoms with E-state index in [0.717, 1.165) is 0 Å². The lowest BCUT2D eigenvalue weighted by atomic mass is 10.6. The molecule has 0 rings (SSSR count). The molecule has 0 spiro atoms. The van der Waals surface area contributed by atoms with Crippen LogP contribution in [0.1, 0.15) is 13.8 Å². The minimum absolute atomic E-state index is 0.0137. The molecule has 0 aromatic rings. The normalized spacial score (nSPS) is 8.65. The zero-order chi connectivity index (χ0) is 13.5. The number of aliphatic hydroxyl groups excluding tert-OH is 1. The molecule has 0 unspecified atom stereocenters. The van der Waals surface area contributed by atoms with Crippen LogP contribution in [0.15, 0.2) is 12.7 Å². The summed E-state index contributed by atoms with van der Waals surface area (Å²) in [5, 5.41) is 7.99. The summed E-state index contributed by atoms with van der Waals surface area (Å²) in [6.07, 6.45) is 1.58. The molecule has 0 radical (unpaired) electrons. The van der Waals surface area contributed by atoms with E-state index in [9.17, 15) is 9.59 Å². The van der Waals surface area contributed by atoms with E-state index in [-0.39, 0.29) is 12.6 Å². The highest BCUT2D eigenvalue weighted by molar-refractivity contribution is 5.70. The molecular weight excluding hydrogens is 228 g/mol. The summed E-state index contributed by atoms with van der Waals surface area (Å²) in [5.74, 6) is -0.896. The monoisotopic (exact) mass is 248 g/mol. The average Bonchev–Trinajstić information content (AvgIpc) is 2.31. The van der Waals surface area contributed by atoms with Gasteiger partial charge < -0.3 is 19.3 Å². The van der Waals surface area contributed by atoms with Crippen LogP contribution in [0.3, 0.4) is 0 Å². The molecule has 17 heavy (non-hydrogen) atoms. The first-order valence-corrected chi connectivity index (χ1v) is 5.23. The maximum Gasteiger partial charge on any atom is 0.332 e. The average molecular weight is 248 g/mol. The summed E-state index contributed by atoms with van der Waals surface area (Å²) in [6.45, 7) is 7.48. The molecule has 0 heterocycles. The standard InChI is InChI=1S/C7H12O3.C4H8O3/c1-3-5-9-6-7(8)10-4-2;1-2-7-4(6)3-5/h3H,1,4-6H2,2H3;5H,2-3H2,1H3. The Morgan fingerprint density at radius 2 is 1.71 bits per heavy atom. The van der Waals surface area contributed by atoms with Crippen LogP contribution in [0.4, 0.5) is 0 Å². The highest BCUT2D eigenvalue weighted by Gasteiger charge is 1.98. The maximum atomic E-state index is 10.5. The molecule has 0 saturated heterocycles. The molecule has 0 aromatic heterocycles. The van der Waals surface area contributed by atoms with Crippen LogP contribution in [-0.4, -0.2) is 50.1 Å². The Bertz CT molecular complexity index is 214. The molecule has 1 N–H and O–H groups in total. The van der Waals surface area contributed by atoms with Crippen LogP contribution in [0.25, 0.3) is 0 Å². The molecule has 0 aromatic carbocycles. The predicted octanol–water partition coefficient (Wildman–Crippen LogP) is 0.294.